The highest BCUT2D eigenvalue weighted by Crippen LogP contribution is 2.41. The van der Waals surface area contributed by atoms with E-state index in [1.807, 2.05) is 24.4 Å². The van der Waals surface area contributed by atoms with Gasteiger partial charge >= 0.3 is 11.9 Å². The lowest BCUT2D eigenvalue weighted by molar-refractivity contribution is -0.155. The number of rotatable bonds is 12. The molecule has 2 saturated heterocycles. The number of carbonyl (C=O) groups excluding carboxylic acids is 6. The number of phenols is 1. The van der Waals surface area contributed by atoms with E-state index in [-0.39, 0.29) is 31.9 Å². The van der Waals surface area contributed by atoms with E-state index in [4.69, 9.17) is 14.2 Å². The Hall–Kier alpha value is -6.37. The minimum Gasteiger partial charge on any atom is -0.508 e. The first-order valence-electron chi connectivity index (χ1n) is 23.2. The van der Waals surface area contributed by atoms with E-state index < -0.39 is 77.1 Å². The summed E-state index contributed by atoms with van der Waals surface area (Å²) in [5.41, 5.74) is 9.49. The number of cyclic esters (lactones) is 1. The van der Waals surface area contributed by atoms with E-state index in [0.29, 0.717) is 43.5 Å². The van der Waals surface area contributed by atoms with Crippen molar-refractivity contribution < 1.29 is 48.1 Å². The summed E-state index contributed by atoms with van der Waals surface area (Å²) in [6.07, 6.45) is 4.97. The highest BCUT2D eigenvalue weighted by molar-refractivity contribution is 5.98. The molecule has 3 aliphatic rings. The second-order valence-corrected chi connectivity index (χ2v) is 19.2. The number of hydrogen-bond acceptors (Lipinski definition) is 13. The van der Waals surface area contributed by atoms with Crippen LogP contribution in [0.15, 0.2) is 54.9 Å². The van der Waals surface area contributed by atoms with Crippen molar-refractivity contribution >= 4 is 46.5 Å². The van der Waals surface area contributed by atoms with Crippen LogP contribution in [0.5, 0.6) is 5.75 Å². The van der Waals surface area contributed by atoms with Gasteiger partial charge in [-0.2, -0.15) is 0 Å². The van der Waals surface area contributed by atoms with Crippen LogP contribution in [0.25, 0.3) is 33.3 Å². The van der Waals surface area contributed by atoms with Gasteiger partial charge in [-0.15, -0.1) is 0 Å². The van der Waals surface area contributed by atoms with E-state index in [1.54, 1.807) is 39.3 Å². The van der Waals surface area contributed by atoms with Crippen molar-refractivity contribution in [1.29, 1.82) is 0 Å². The van der Waals surface area contributed by atoms with Crippen LogP contribution in [0.1, 0.15) is 64.2 Å². The molecule has 4 amide bonds. The molecule has 18 nitrogen and oxygen atoms in total. The number of ether oxygens (including phenoxy) is 3. The van der Waals surface area contributed by atoms with E-state index in [9.17, 15) is 33.9 Å². The largest absolute Gasteiger partial charge is 0.508 e. The molecule has 3 aliphatic heterocycles. The van der Waals surface area contributed by atoms with Crippen molar-refractivity contribution in [2.75, 3.05) is 48.0 Å². The summed E-state index contributed by atoms with van der Waals surface area (Å²) in [4.78, 5) is 88.7. The first-order valence-corrected chi connectivity index (χ1v) is 23.2. The van der Waals surface area contributed by atoms with Crippen molar-refractivity contribution in [3.63, 3.8) is 0 Å². The average molecular weight is 937 g/mol. The molecule has 2 aromatic heterocycles. The highest BCUT2D eigenvalue weighted by Gasteiger charge is 2.50. The first-order chi connectivity index (χ1) is 32.4. The van der Waals surface area contributed by atoms with Gasteiger partial charge in [-0.1, -0.05) is 39.8 Å². The summed E-state index contributed by atoms with van der Waals surface area (Å²) < 4.78 is 18.7. The van der Waals surface area contributed by atoms with Gasteiger partial charge in [0.25, 0.3) is 5.91 Å². The number of aryl methyl sites for hydroxylation is 1. The lowest BCUT2D eigenvalue weighted by atomic mass is 9.84. The maximum Gasteiger partial charge on any atom is 0.325 e. The molecule has 2 aromatic carbocycles. The topological polar surface area (TPSA) is 224 Å². The number of nitrogens with one attached hydrogen (secondary N) is 3. The number of hydrazine groups is 1. The molecular weight excluding hydrogens is 873 g/mol. The lowest BCUT2D eigenvalue weighted by Crippen LogP contribution is -2.62. The third-order valence-corrected chi connectivity index (χ3v) is 13.1. The molecule has 364 valence electrons. The molecule has 2 fully saturated rings. The Kier molecular flexibility index (Phi) is 14.9. The number of pyridine rings is 1. The number of aromatic nitrogens is 2. The van der Waals surface area contributed by atoms with Crippen LogP contribution in [0.2, 0.25) is 0 Å². The molecule has 7 rings (SSSR count). The number of fused-ring (bicyclic) bond motifs is 6. The van der Waals surface area contributed by atoms with Crippen LogP contribution >= 0.6 is 0 Å². The summed E-state index contributed by atoms with van der Waals surface area (Å²) >= 11 is 0. The van der Waals surface area contributed by atoms with Gasteiger partial charge < -0.3 is 39.0 Å². The first kappa shape index (κ1) is 49.5. The Bertz CT molecular complexity index is 2590. The van der Waals surface area contributed by atoms with E-state index in [0.717, 1.165) is 38.9 Å². The Morgan fingerprint density at radius 3 is 2.51 bits per heavy atom. The van der Waals surface area contributed by atoms with Crippen LogP contribution in [0.4, 0.5) is 0 Å². The number of methoxy groups -OCH3 is 2. The van der Waals surface area contributed by atoms with Crippen molar-refractivity contribution in [2.24, 2.45) is 11.3 Å². The minimum absolute atomic E-state index is 0.0421. The lowest BCUT2D eigenvalue weighted by Gasteiger charge is -2.37. The van der Waals surface area contributed by atoms with Crippen LogP contribution < -0.4 is 16.1 Å². The van der Waals surface area contributed by atoms with Crippen molar-refractivity contribution in [3.8, 4) is 28.1 Å². The average Bonchev–Trinajstić information content (AvgIpc) is 4.06. The summed E-state index contributed by atoms with van der Waals surface area (Å²) in [7, 11) is 5.78. The molecular formula is C50H64N8O10. The zero-order chi connectivity index (χ0) is 49.2. The maximum absolute atomic E-state index is 14.7. The minimum atomic E-state index is -1.22. The number of amides is 4. The molecule has 5 atom stereocenters. The predicted molar refractivity (Wildman–Crippen MR) is 252 cm³/mol. The fourth-order valence-electron chi connectivity index (χ4n) is 9.58. The zero-order valence-corrected chi connectivity index (χ0v) is 40.4. The molecule has 18 heteroatoms. The third-order valence-electron chi connectivity index (χ3n) is 13.1. The van der Waals surface area contributed by atoms with Crippen LogP contribution in [-0.2, 0) is 69.0 Å². The predicted octanol–water partition coefficient (Wildman–Crippen LogP) is 3.35. The van der Waals surface area contributed by atoms with Gasteiger partial charge in [0.2, 0.25) is 17.7 Å². The molecule has 0 spiro atoms. The van der Waals surface area contributed by atoms with Crippen molar-refractivity contribution in [2.45, 2.75) is 104 Å². The zero-order valence-electron chi connectivity index (χ0n) is 40.4. The van der Waals surface area contributed by atoms with Gasteiger partial charge in [0, 0.05) is 75.0 Å². The van der Waals surface area contributed by atoms with Crippen LogP contribution in [-0.4, -0.2) is 143 Å². The van der Waals surface area contributed by atoms with E-state index in [1.165, 1.54) is 36.0 Å². The second kappa shape index (κ2) is 20.5. The Morgan fingerprint density at radius 2 is 1.81 bits per heavy atom. The molecule has 5 heterocycles. The fraction of sp³-hybridized carbons (Fsp3) is 0.500. The molecule has 0 aliphatic carbocycles. The number of nitrogens with zero attached hydrogens (tertiary/aromatic N) is 5. The number of aromatic hydroxyl groups is 1. The number of likely N-dealkylation sites (N-methyl/N-ethyl adjacent to an activating group) is 2. The SMILES string of the molecule is CCn1c(-c2cnccc2COC)c2c3cc(ccc31)-c1cc(O)cc(c1)C[C@H](NC(=O)[C@H](C(C)C)N(C)C(=O)CN(C)C(=O)[C@@H]1N[C@@H]1C(=O)OC)C(=O)N1CCC[C@H](N1)C(=O)OCC(C)(C)C2. The standard InChI is InChI=1S/C50H64N8O10/c1-10-57-39-14-13-30-22-34(39)35(44(57)36-24-51-16-15-31(36)26-66-8)23-50(4,5)27-68-48(64)37-12-11-17-58(54-37)46(62)38(20-29-18-32(30)21-33(59)19-29)52-45(61)43(28(2)3)56(7)40(60)25-55(6)47(63)41-42(53-41)49(65)67-9/h13-16,18-19,21-22,24,28,37-38,41-43,53-54,59H,10-12,17,20,23,25-27H2,1-9H3,(H,52,61)/t37-,38-,41+,42-,43-/m0/s1. The van der Waals surface area contributed by atoms with E-state index in [2.05, 4.69) is 58.5 Å². The van der Waals surface area contributed by atoms with Gasteiger partial charge in [-0.05, 0) is 90.3 Å². The highest BCUT2D eigenvalue weighted by atomic mass is 16.5. The fourth-order valence-corrected chi connectivity index (χ4v) is 9.58. The monoisotopic (exact) mass is 936 g/mol. The number of phenolic OH excluding ortho intramolecular Hbond substituents is 1. The summed E-state index contributed by atoms with van der Waals surface area (Å²) in [5, 5.41) is 19.3. The Morgan fingerprint density at radius 1 is 1.04 bits per heavy atom. The Labute approximate surface area is 396 Å². The van der Waals surface area contributed by atoms with Gasteiger partial charge in [0.05, 0.1) is 32.6 Å². The number of carbonyl (C=O) groups is 6. The quantitative estimate of drug-likeness (QED) is 0.118. The molecule has 0 saturated carbocycles. The summed E-state index contributed by atoms with van der Waals surface area (Å²) in [6.45, 7) is 10.7. The number of hydrogen-bond donors (Lipinski definition) is 4. The van der Waals surface area contributed by atoms with Gasteiger partial charge in [-0.25, -0.2) is 5.43 Å². The summed E-state index contributed by atoms with van der Waals surface area (Å²) in [5.74, 6) is -3.74. The smallest absolute Gasteiger partial charge is 0.325 e. The summed E-state index contributed by atoms with van der Waals surface area (Å²) in [6, 6.07) is 8.46. The molecule has 0 radical (unpaired) electrons. The van der Waals surface area contributed by atoms with Crippen LogP contribution in [0, 0.1) is 11.3 Å². The van der Waals surface area contributed by atoms with Crippen LogP contribution in [0.3, 0.4) is 0 Å². The molecule has 68 heavy (non-hydrogen) atoms. The number of benzene rings is 2. The van der Waals surface area contributed by atoms with Crippen molar-refractivity contribution in [3.05, 3.63) is 71.5 Å². The molecule has 0 unspecified atom stereocenters. The van der Waals surface area contributed by atoms with Gasteiger partial charge in [-0.3, -0.25) is 44.1 Å². The maximum atomic E-state index is 14.7. The second-order valence-electron chi connectivity index (χ2n) is 19.2. The van der Waals surface area contributed by atoms with Gasteiger partial charge in [0.15, 0.2) is 0 Å². The molecule has 4 aromatic rings. The van der Waals surface area contributed by atoms with E-state index >= 15 is 0 Å². The van der Waals surface area contributed by atoms with Crippen molar-refractivity contribution in [1.82, 2.24) is 40.4 Å². The third kappa shape index (κ3) is 10.5. The van der Waals surface area contributed by atoms with Gasteiger partial charge in [0.1, 0.15) is 36.0 Å². The molecule has 6 bridgehead atoms. The molecule has 4 N–H and O–H groups in total. The Balaban J connectivity index is 1.26. The number of esters is 2. The normalized spacial score (nSPS) is 20.8.